The number of hydrogen-bond acceptors (Lipinski definition) is 1. The zero-order valence-electron chi connectivity index (χ0n) is 8.71. The molecular formula is C12H21N. The number of nitrogens with zero attached hydrogens (tertiary/aromatic N) is 1. The van der Waals surface area contributed by atoms with Crippen LogP contribution in [0.25, 0.3) is 0 Å². The molecule has 0 atom stereocenters. The Morgan fingerprint density at radius 2 is 1.69 bits per heavy atom. The average Bonchev–Trinajstić information content (AvgIpc) is 2.63. The van der Waals surface area contributed by atoms with E-state index in [9.17, 15) is 0 Å². The van der Waals surface area contributed by atoms with Crippen LogP contribution in [0.2, 0.25) is 0 Å². The predicted octanol–water partition coefficient (Wildman–Crippen LogP) is 2.99. The van der Waals surface area contributed by atoms with Gasteiger partial charge in [0.2, 0.25) is 0 Å². The Morgan fingerprint density at radius 3 is 2.38 bits per heavy atom. The van der Waals surface area contributed by atoms with Gasteiger partial charge in [-0.2, -0.15) is 0 Å². The Bertz CT molecular complexity index is 164. The van der Waals surface area contributed by atoms with Crippen molar-refractivity contribution in [3.63, 3.8) is 0 Å². The van der Waals surface area contributed by atoms with Gasteiger partial charge in [-0.15, -0.1) is 0 Å². The molecule has 1 heterocycles. The van der Waals surface area contributed by atoms with Gasteiger partial charge >= 0.3 is 0 Å². The maximum Gasteiger partial charge on any atom is 0.0163 e. The lowest BCUT2D eigenvalue weighted by atomic mass is 10.2. The second-order valence-electron chi connectivity index (χ2n) is 3.63. The van der Waals surface area contributed by atoms with Gasteiger partial charge < -0.3 is 0 Å². The van der Waals surface area contributed by atoms with E-state index in [0.717, 1.165) is 6.54 Å². The molecule has 0 N–H and O–H groups in total. The number of likely N-dealkylation sites (tertiary alicyclic amines) is 1. The van der Waals surface area contributed by atoms with E-state index in [1.165, 1.54) is 38.8 Å². The molecular weight excluding hydrogens is 158 g/mol. The molecule has 0 saturated carbocycles. The quantitative estimate of drug-likeness (QED) is 0.463. The minimum Gasteiger partial charge on any atom is -0.300 e. The molecule has 0 aromatic carbocycles. The number of allylic oxidation sites excluding steroid dienone is 3. The highest BCUT2D eigenvalue weighted by molar-refractivity contribution is 4.89. The van der Waals surface area contributed by atoms with Crippen molar-refractivity contribution >= 4 is 0 Å². The zero-order chi connectivity index (χ0) is 9.36. The second-order valence-corrected chi connectivity index (χ2v) is 3.63. The molecule has 0 bridgehead atoms. The molecule has 1 rings (SSSR count). The van der Waals surface area contributed by atoms with Crippen LogP contribution in [-0.4, -0.2) is 24.5 Å². The molecule has 0 spiro atoms. The van der Waals surface area contributed by atoms with Crippen molar-refractivity contribution in [2.45, 2.75) is 32.6 Å². The number of hydrogen-bond donors (Lipinski definition) is 0. The first-order chi connectivity index (χ1) is 6.43. The fourth-order valence-electron chi connectivity index (χ4n) is 1.67. The molecule has 0 aromatic heterocycles. The van der Waals surface area contributed by atoms with Crippen molar-refractivity contribution in [1.29, 1.82) is 0 Å². The van der Waals surface area contributed by atoms with Gasteiger partial charge in [-0.05, 0) is 45.7 Å². The molecule has 0 amide bonds. The van der Waals surface area contributed by atoms with E-state index in [1.807, 2.05) is 0 Å². The lowest BCUT2D eigenvalue weighted by Gasteiger charge is -2.10. The number of rotatable bonds is 5. The highest BCUT2D eigenvalue weighted by atomic mass is 15.1. The van der Waals surface area contributed by atoms with Crippen molar-refractivity contribution in [2.75, 3.05) is 19.6 Å². The molecule has 1 aliphatic rings. The molecule has 74 valence electrons. The van der Waals surface area contributed by atoms with Crippen molar-refractivity contribution in [2.24, 2.45) is 0 Å². The number of unbranched alkanes of at least 4 members (excludes halogenated alkanes) is 1. The molecule has 1 fully saturated rings. The van der Waals surface area contributed by atoms with E-state index in [-0.39, 0.29) is 0 Å². The van der Waals surface area contributed by atoms with Crippen LogP contribution in [0.4, 0.5) is 0 Å². The molecule has 0 aromatic rings. The van der Waals surface area contributed by atoms with Crippen molar-refractivity contribution in [3.8, 4) is 0 Å². The monoisotopic (exact) mass is 179 g/mol. The summed E-state index contributed by atoms with van der Waals surface area (Å²) < 4.78 is 0. The minimum absolute atomic E-state index is 1.16. The van der Waals surface area contributed by atoms with Crippen LogP contribution < -0.4 is 0 Å². The van der Waals surface area contributed by atoms with Gasteiger partial charge in [-0.1, -0.05) is 24.3 Å². The van der Waals surface area contributed by atoms with E-state index in [2.05, 4.69) is 36.1 Å². The smallest absolute Gasteiger partial charge is 0.0163 e. The van der Waals surface area contributed by atoms with Crippen LogP contribution in [0, 0.1) is 0 Å². The Morgan fingerprint density at radius 1 is 1.00 bits per heavy atom. The van der Waals surface area contributed by atoms with Crippen molar-refractivity contribution in [3.05, 3.63) is 24.3 Å². The van der Waals surface area contributed by atoms with Crippen LogP contribution in [0.3, 0.4) is 0 Å². The van der Waals surface area contributed by atoms with Gasteiger partial charge in [0.1, 0.15) is 0 Å². The van der Waals surface area contributed by atoms with Crippen LogP contribution in [0.5, 0.6) is 0 Å². The molecule has 13 heavy (non-hydrogen) atoms. The van der Waals surface area contributed by atoms with Gasteiger partial charge in [0.15, 0.2) is 0 Å². The van der Waals surface area contributed by atoms with E-state index < -0.39 is 0 Å². The normalized spacial score (nSPS) is 19.5. The SMILES string of the molecule is C/C=C\CC/C=C/CN1CCCC1. The van der Waals surface area contributed by atoms with Gasteiger partial charge in [0, 0.05) is 6.54 Å². The summed E-state index contributed by atoms with van der Waals surface area (Å²) in [5.74, 6) is 0. The first-order valence-electron chi connectivity index (χ1n) is 5.42. The summed E-state index contributed by atoms with van der Waals surface area (Å²) in [6, 6.07) is 0. The molecule has 1 saturated heterocycles. The molecule has 1 nitrogen and oxygen atoms in total. The summed E-state index contributed by atoms with van der Waals surface area (Å²) >= 11 is 0. The van der Waals surface area contributed by atoms with Gasteiger partial charge in [0.25, 0.3) is 0 Å². The second kappa shape index (κ2) is 6.90. The Labute approximate surface area is 82.1 Å². The molecule has 1 heteroatoms. The summed E-state index contributed by atoms with van der Waals surface area (Å²) in [6.07, 6.45) is 14.1. The van der Waals surface area contributed by atoms with E-state index in [0.29, 0.717) is 0 Å². The summed E-state index contributed by atoms with van der Waals surface area (Å²) in [5.41, 5.74) is 0. The highest BCUT2D eigenvalue weighted by Crippen LogP contribution is 2.06. The third-order valence-electron chi connectivity index (χ3n) is 2.46. The van der Waals surface area contributed by atoms with Crippen molar-refractivity contribution in [1.82, 2.24) is 4.90 Å². The van der Waals surface area contributed by atoms with E-state index >= 15 is 0 Å². The third kappa shape index (κ3) is 4.89. The molecule has 0 aliphatic carbocycles. The summed E-state index contributed by atoms with van der Waals surface area (Å²) in [7, 11) is 0. The molecule has 0 unspecified atom stereocenters. The zero-order valence-corrected chi connectivity index (χ0v) is 8.71. The summed E-state index contributed by atoms with van der Waals surface area (Å²) in [6.45, 7) is 5.85. The highest BCUT2D eigenvalue weighted by Gasteiger charge is 2.08. The maximum atomic E-state index is 2.52. The Balaban J connectivity index is 1.97. The van der Waals surface area contributed by atoms with E-state index in [4.69, 9.17) is 0 Å². The fourth-order valence-corrected chi connectivity index (χ4v) is 1.67. The van der Waals surface area contributed by atoms with Gasteiger partial charge in [0.05, 0.1) is 0 Å². The Hall–Kier alpha value is -0.560. The first-order valence-corrected chi connectivity index (χ1v) is 5.42. The average molecular weight is 179 g/mol. The lowest BCUT2D eigenvalue weighted by Crippen LogP contribution is -2.18. The maximum absolute atomic E-state index is 2.52. The largest absolute Gasteiger partial charge is 0.300 e. The van der Waals surface area contributed by atoms with Crippen LogP contribution in [-0.2, 0) is 0 Å². The predicted molar refractivity (Wildman–Crippen MR) is 58.9 cm³/mol. The lowest BCUT2D eigenvalue weighted by molar-refractivity contribution is 0.377. The molecule has 1 aliphatic heterocycles. The Kier molecular flexibility index (Phi) is 5.59. The van der Waals surface area contributed by atoms with Crippen LogP contribution in [0.15, 0.2) is 24.3 Å². The van der Waals surface area contributed by atoms with E-state index in [1.54, 1.807) is 0 Å². The third-order valence-corrected chi connectivity index (χ3v) is 2.46. The molecule has 0 radical (unpaired) electrons. The summed E-state index contributed by atoms with van der Waals surface area (Å²) in [5, 5.41) is 0. The fraction of sp³-hybridized carbons (Fsp3) is 0.667. The van der Waals surface area contributed by atoms with Crippen LogP contribution >= 0.6 is 0 Å². The van der Waals surface area contributed by atoms with Crippen molar-refractivity contribution < 1.29 is 0 Å². The topological polar surface area (TPSA) is 3.24 Å². The summed E-state index contributed by atoms with van der Waals surface area (Å²) in [4.78, 5) is 2.52. The first kappa shape index (κ1) is 10.5. The van der Waals surface area contributed by atoms with Crippen LogP contribution in [0.1, 0.15) is 32.6 Å². The van der Waals surface area contributed by atoms with Gasteiger partial charge in [-0.3, -0.25) is 4.90 Å². The minimum atomic E-state index is 1.16. The van der Waals surface area contributed by atoms with Gasteiger partial charge in [-0.25, -0.2) is 0 Å². The standard InChI is InChI=1S/C12H21N/c1-2-3-4-5-6-7-10-13-11-8-9-12-13/h2-3,6-7H,4-5,8-12H2,1H3/b3-2-,7-6+.